The fraction of sp³-hybridized carbons (Fsp3) is 0.588. The molecule has 0 bridgehead atoms. The average Bonchev–Trinajstić information content (AvgIpc) is 2.55. The third-order valence-corrected chi connectivity index (χ3v) is 4.29. The largest absolute Gasteiger partial charge is 0.493 e. The Labute approximate surface area is 127 Å². The van der Waals surface area contributed by atoms with E-state index in [4.69, 9.17) is 9.47 Å². The fourth-order valence-electron chi connectivity index (χ4n) is 3.00. The molecule has 0 amide bonds. The number of piperidine rings is 1. The molecule has 0 radical (unpaired) electrons. The van der Waals surface area contributed by atoms with Gasteiger partial charge in [0.15, 0.2) is 11.5 Å². The van der Waals surface area contributed by atoms with E-state index in [0.29, 0.717) is 12.2 Å². The van der Waals surface area contributed by atoms with Gasteiger partial charge in [-0.3, -0.25) is 4.90 Å². The van der Waals surface area contributed by atoms with E-state index in [0.717, 1.165) is 24.4 Å². The first-order valence-corrected chi connectivity index (χ1v) is 7.50. The molecule has 1 heterocycles. The molecule has 2 rings (SSSR count). The van der Waals surface area contributed by atoms with Crippen LogP contribution in [0.2, 0.25) is 0 Å². The Morgan fingerprint density at radius 2 is 1.81 bits per heavy atom. The number of rotatable bonds is 5. The van der Waals surface area contributed by atoms with Gasteiger partial charge in [0.05, 0.1) is 20.3 Å². The molecule has 1 saturated heterocycles. The number of nitrogens with zero attached hydrogens (tertiary/aromatic N) is 2. The maximum Gasteiger partial charge on any atom is 0.160 e. The zero-order valence-corrected chi connectivity index (χ0v) is 13.2. The molecule has 0 aliphatic carbocycles. The van der Waals surface area contributed by atoms with Gasteiger partial charge in [-0.05, 0) is 50.6 Å². The highest BCUT2D eigenvalue weighted by atomic mass is 16.5. The van der Waals surface area contributed by atoms with Gasteiger partial charge in [0.25, 0.3) is 0 Å². The highest BCUT2D eigenvalue weighted by Crippen LogP contribution is 2.31. The third-order valence-electron chi connectivity index (χ3n) is 4.29. The molecule has 114 valence electrons. The second-order valence-corrected chi connectivity index (χ2v) is 5.80. The Kier molecular flexibility index (Phi) is 5.08. The lowest BCUT2D eigenvalue weighted by Gasteiger charge is -2.38. The van der Waals surface area contributed by atoms with Crippen molar-refractivity contribution in [3.8, 4) is 17.6 Å². The summed E-state index contributed by atoms with van der Waals surface area (Å²) in [6, 6.07) is 8.41. The van der Waals surface area contributed by atoms with E-state index in [9.17, 15) is 5.26 Å². The van der Waals surface area contributed by atoms with Crippen molar-refractivity contribution in [2.45, 2.75) is 38.1 Å². The van der Waals surface area contributed by atoms with E-state index in [1.807, 2.05) is 25.1 Å². The summed E-state index contributed by atoms with van der Waals surface area (Å²) in [4.78, 5) is 2.31. The Bertz CT molecular complexity index is 518. The van der Waals surface area contributed by atoms with Crippen molar-refractivity contribution < 1.29 is 9.47 Å². The molecule has 1 aliphatic heterocycles. The van der Waals surface area contributed by atoms with Crippen molar-refractivity contribution >= 4 is 0 Å². The number of likely N-dealkylation sites (tertiary alicyclic amines) is 1. The van der Waals surface area contributed by atoms with E-state index in [-0.39, 0.29) is 0 Å². The molecule has 0 spiro atoms. The summed E-state index contributed by atoms with van der Waals surface area (Å²) in [6.07, 6.45) is 4.34. The molecule has 4 heteroatoms. The fourth-order valence-corrected chi connectivity index (χ4v) is 3.00. The van der Waals surface area contributed by atoms with Crippen molar-refractivity contribution in [2.75, 3.05) is 27.3 Å². The van der Waals surface area contributed by atoms with Gasteiger partial charge in [0.2, 0.25) is 0 Å². The molecule has 21 heavy (non-hydrogen) atoms. The van der Waals surface area contributed by atoms with E-state index < -0.39 is 5.54 Å². The van der Waals surface area contributed by atoms with Crippen LogP contribution in [0, 0.1) is 11.3 Å². The van der Waals surface area contributed by atoms with Gasteiger partial charge < -0.3 is 9.47 Å². The van der Waals surface area contributed by atoms with Crippen LogP contribution in [0.3, 0.4) is 0 Å². The third kappa shape index (κ3) is 3.48. The van der Waals surface area contributed by atoms with Crippen molar-refractivity contribution in [2.24, 2.45) is 0 Å². The lowest BCUT2D eigenvalue weighted by atomic mass is 9.90. The van der Waals surface area contributed by atoms with Gasteiger partial charge >= 0.3 is 0 Å². The number of nitriles is 1. The summed E-state index contributed by atoms with van der Waals surface area (Å²) in [5.41, 5.74) is 0.641. The second kappa shape index (κ2) is 6.82. The minimum atomic E-state index is -0.458. The Morgan fingerprint density at radius 3 is 2.38 bits per heavy atom. The Hall–Kier alpha value is -1.73. The van der Waals surface area contributed by atoms with E-state index in [2.05, 4.69) is 11.0 Å². The summed E-state index contributed by atoms with van der Waals surface area (Å²) in [5, 5.41) is 9.68. The van der Waals surface area contributed by atoms with Gasteiger partial charge in [-0.1, -0.05) is 12.5 Å². The van der Waals surface area contributed by atoms with Gasteiger partial charge in [-0.2, -0.15) is 5.26 Å². The van der Waals surface area contributed by atoms with Crippen LogP contribution in [0.15, 0.2) is 18.2 Å². The molecule has 0 aromatic heterocycles. The molecule has 1 atom stereocenters. The van der Waals surface area contributed by atoms with Crippen LogP contribution >= 0.6 is 0 Å². The van der Waals surface area contributed by atoms with Gasteiger partial charge in [-0.25, -0.2) is 0 Å². The van der Waals surface area contributed by atoms with E-state index in [1.165, 1.54) is 19.3 Å². The SMILES string of the molecule is COc1ccc(CC(C)(C#N)N2CCCCC2)cc1OC. The van der Waals surface area contributed by atoms with Crippen molar-refractivity contribution in [1.29, 1.82) is 5.26 Å². The van der Waals surface area contributed by atoms with Crippen molar-refractivity contribution in [1.82, 2.24) is 4.90 Å². The molecule has 0 saturated carbocycles. The summed E-state index contributed by atoms with van der Waals surface area (Å²) >= 11 is 0. The van der Waals surface area contributed by atoms with E-state index >= 15 is 0 Å². The highest BCUT2D eigenvalue weighted by molar-refractivity contribution is 5.43. The zero-order chi connectivity index (χ0) is 15.3. The summed E-state index contributed by atoms with van der Waals surface area (Å²) in [6.45, 7) is 4.06. The molecule has 1 aromatic rings. The van der Waals surface area contributed by atoms with Crippen LogP contribution in [-0.4, -0.2) is 37.7 Å². The molecular weight excluding hydrogens is 264 g/mol. The van der Waals surface area contributed by atoms with Gasteiger partial charge in [0.1, 0.15) is 5.54 Å². The van der Waals surface area contributed by atoms with Crippen LogP contribution in [0.5, 0.6) is 11.5 Å². The molecule has 1 aliphatic rings. The number of hydrogen-bond donors (Lipinski definition) is 0. The van der Waals surface area contributed by atoms with Crippen molar-refractivity contribution in [3.05, 3.63) is 23.8 Å². The minimum Gasteiger partial charge on any atom is -0.493 e. The molecular formula is C17H24N2O2. The first kappa shape index (κ1) is 15.7. The minimum absolute atomic E-state index is 0.458. The lowest BCUT2D eigenvalue weighted by Crippen LogP contribution is -2.49. The Morgan fingerprint density at radius 1 is 1.14 bits per heavy atom. The average molecular weight is 288 g/mol. The number of hydrogen-bond acceptors (Lipinski definition) is 4. The monoisotopic (exact) mass is 288 g/mol. The van der Waals surface area contributed by atoms with Gasteiger partial charge in [-0.15, -0.1) is 0 Å². The molecule has 0 N–H and O–H groups in total. The predicted molar refractivity (Wildman–Crippen MR) is 82.7 cm³/mol. The topological polar surface area (TPSA) is 45.5 Å². The van der Waals surface area contributed by atoms with Crippen molar-refractivity contribution in [3.63, 3.8) is 0 Å². The molecule has 4 nitrogen and oxygen atoms in total. The quantitative estimate of drug-likeness (QED) is 0.835. The summed E-state index contributed by atoms with van der Waals surface area (Å²) < 4.78 is 10.6. The second-order valence-electron chi connectivity index (χ2n) is 5.80. The molecule has 1 fully saturated rings. The lowest BCUT2D eigenvalue weighted by molar-refractivity contribution is 0.124. The smallest absolute Gasteiger partial charge is 0.160 e. The number of benzene rings is 1. The van der Waals surface area contributed by atoms with Gasteiger partial charge in [0, 0.05) is 6.42 Å². The van der Waals surface area contributed by atoms with Crippen LogP contribution in [-0.2, 0) is 6.42 Å². The number of methoxy groups -OCH3 is 2. The van der Waals surface area contributed by atoms with E-state index in [1.54, 1.807) is 14.2 Å². The Balaban J connectivity index is 2.19. The standard InChI is InChI=1S/C17H24N2O2/c1-17(13-18,19-9-5-4-6-10-19)12-14-7-8-15(20-2)16(11-14)21-3/h7-8,11H,4-6,9-10,12H2,1-3H3. The normalized spacial score (nSPS) is 18.6. The zero-order valence-electron chi connectivity index (χ0n) is 13.2. The predicted octanol–water partition coefficient (Wildman–Crippen LogP) is 3.01. The van der Waals surface area contributed by atoms with Crippen LogP contribution in [0.25, 0.3) is 0 Å². The molecule has 1 aromatic carbocycles. The summed E-state index contributed by atoms with van der Waals surface area (Å²) in [7, 11) is 3.26. The first-order chi connectivity index (χ1) is 10.1. The molecule has 1 unspecified atom stereocenters. The number of ether oxygens (including phenoxy) is 2. The first-order valence-electron chi connectivity index (χ1n) is 7.50. The maximum absolute atomic E-state index is 9.68. The highest BCUT2D eigenvalue weighted by Gasteiger charge is 2.33. The van der Waals surface area contributed by atoms with Crippen LogP contribution < -0.4 is 9.47 Å². The van der Waals surface area contributed by atoms with Crippen LogP contribution in [0.4, 0.5) is 0 Å². The van der Waals surface area contributed by atoms with Crippen LogP contribution in [0.1, 0.15) is 31.7 Å². The summed E-state index contributed by atoms with van der Waals surface area (Å²) in [5.74, 6) is 1.44. The maximum atomic E-state index is 9.68.